The SMILES string of the molecule is CC(C)(C)[Si](C)(C)OCCON. The van der Waals surface area contributed by atoms with E-state index in [0.717, 1.165) is 0 Å². The molecule has 0 aliphatic carbocycles. The molecule has 74 valence electrons. The standard InChI is InChI=1S/C8H21NO2Si/c1-8(2,3)12(4,5)11-7-6-10-9/h6-7,9H2,1-5H3. The Bertz CT molecular complexity index is 132. The third-order valence-corrected chi connectivity index (χ3v) is 7.01. The Kier molecular flexibility index (Phi) is 4.40. The van der Waals surface area contributed by atoms with Crippen LogP contribution in [0.1, 0.15) is 20.8 Å². The first-order valence-electron chi connectivity index (χ1n) is 4.27. The lowest BCUT2D eigenvalue weighted by Gasteiger charge is -2.35. The van der Waals surface area contributed by atoms with Crippen LogP contribution in [0.4, 0.5) is 0 Å². The van der Waals surface area contributed by atoms with Crippen molar-refractivity contribution in [3.05, 3.63) is 0 Å². The van der Waals surface area contributed by atoms with Crippen molar-refractivity contribution in [1.82, 2.24) is 0 Å². The summed E-state index contributed by atoms with van der Waals surface area (Å²) in [5, 5.41) is 0.265. The van der Waals surface area contributed by atoms with Gasteiger partial charge in [-0.1, -0.05) is 20.8 Å². The number of hydrogen-bond acceptors (Lipinski definition) is 3. The summed E-state index contributed by atoms with van der Waals surface area (Å²) in [6.07, 6.45) is 0. The van der Waals surface area contributed by atoms with E-state index in [-0.39, 0.29) is 5.04 Å². The van der Waals surface area contributed by atoms with E-state index in [9.17, 15) is 0 Å². The van der Waals surface area contributed by atoms with Gasteiger partial charge in [0.05, 0.1) is 13.2 Å². The average Bonchev–Trinajstić information content (AvgIpc) is 1.85. The van der Waals surface area contributed by atoms with Gasteiger partial charge in [0.15, 0.2) is 8.32 Å². The topological polar surface area (TPSA) is 44.5 Å². The Morgan fingerprint density at radius 3 is 2.00 bits per heavy atom. The molecular weight excluding hydrogens is 170 g/mol. The summed E-state index contributed by atoms with van der Waals surface area (Å²) in [6.45, 7) is 12.1. The van der Waals surface area contributed by atoms with Gasteiger partial charge in [0, 0.05) is 0 Å². The third-order valence-electron chi connectivity index (χ3n) is 2.47. The summed E-state index contributed by atoms with van der Waals surface area (Å²) in [7, 11) is -1.58. The van der Waals surface area contributed by atoms with Crippen LogP contribution in [0.15, 0.2) is 0 Å². The van der Waals surface area contributed by atoms with Crippen molar-refractivity contribution in [2.24, 2.45) is 5.90 Å². The van der Waals surface area contributed by atoms with Gasteiger partial charge in [-0.3, -0.25) is 0 Å². The third kappa shape index (κ3) is 3.67. The number of rotatable bonds is 4. The largest absolute Gasteiger partial charge is 0.414 e. The van der Waals surface area contributed by atoms with Crippen LogP contribution in [-0.2, 0) is 9.26 Å². The summed E-state index contributed by atoms with van der Waals surface area (Å²) < 4.78 is 5.77. The van der Waals surface area contributed by atoms with E-state index in [1.165, 1.54) is 0 Å². The molecule has 0 saturated carbocycles. The normalized spacial score (nSPS) is 13.5. The van der Waals surface area contributed by atoms with Crippen LogP contribution < -0.4 is 5.90 Å². The maximum Gasteiger partial charge on any atom is 0.192 e. The molecule has 3 nitrogen and oxygen atoms in total. The van der Waals surface area contributed by atoms with Crippen LogP contribution in [-0.4, -0.2) is 21.5 Å². The minimum Gasteiger partial charge on any atom is -0.414 e. The highest BCUT2D eigenvalue weighted by atomic mass is 28.4. The molecule has 0 aliphatic heterocycles. The van der Waals surface area contributed by atoms with Crippen molar-refractivity contribution in [2.45, 2.75) is 38.9 Å². The second-order valence-electron chi connectivity index (χ2n) is 4.48. The monoisotopic (exact) mass is 191 g/mol. The van der Waals surface area contributed by atoms with Crippen molar-refractivity contribution < 1.29 is 9.26 Å². The molecular formula is C8H21NO2Si. The maximum atomic E-state index is 5.77. The van der Waals surface area contributed by atoms with Crippen LogP contribution in [0, 0.1) is 0 Å². The van der Waals surface area contributed by atoms with Crippen LogP contribution in [0.2, 0.25) is 18.1 Å². The molecule has 0 aromatic rings. The zero-order valence-corrected chi connectivity index (χ0v) is 9.81. The quantitative estimate of drug-likeness (QED) is 0.419. The lowest BCUT2D eigenvalue weighted by atomic mass is 10.2. The Balaban J connectivity index is 3.88. The van der Waals surface area contributed by atoms with E-state index in [2.05, 4.69) is 38.7 Å². The summed E-state index contributed by atoms with van der Waals surface area (Å²) in [6, 6.07) is 0. The van der Waals surface area contributed by atoms with Crippen molar-refractivity contribution in [3.8, 4) is 0 Å². The lowest BCUT2D eigenvalue weighted by molar-refractivity contribution is 0.0970. The Hall–Kier alpha value is 0.0969. The van der Waals surface area contributed by atoms with Gasteiger partial charge >= 0.3 is 0 Å². The molecule has 4 heteroatoms. The van der Waals surface area contributed by atoms with Gasteiger partial charge in [0.1, 0.15) is 0 Å². The van der Waals surface area contributed by atoms with Gasteiger partial charge in [-0.25, -0.2) is 5.90 Å². The van der Waals surface area contributed by atoms with Crippen molar-refractivity contribution in [3.63, 3.8) is 0 Å². The first-order valence-corrected chi connectivity index (χ1v) is 7.18. The van der Waals surface area contributed by atoms with Crippen LogP contribution in [0.5, 0.6) is 0 Å². The molecule has 0 bridgehead atoms. The molecule has 0 saturated heterocycles. The molecule has 0 aromatic heterocycles. The van der Waals surface area contributed by atoms with E-state index >= 15 is 0 Å². The van der Waals surface area contributed by atoms with Crippen LogP contribution in [0.25, 0.3) is 0 Å². The van der Waals surface area contributed by atoms with Crippen LogP contribution in [0.3, 0.4) is 0 Å². The zero-order chi connectivity index (χ0) is 9.83. The first kappa shape index (κ1) is 12.1. The van der Waals surface area contributed by atoms with Gasteiger partial charge in [-0.2, -0.15) is 0 Å². The van der Waals surface area contributed by atoms with Gasteiger partial charge in [0.2, 0.25) is 0 Å². The molecule has 0 amide bonds. The van der Waals surface area contributed by atoms with Gasteiger partial charge in [0.25, 0.3) is 0 Å². The Morgan fingerprint density at radius 2 is 1.67 bits per heavy atom. The fourth-order valence-electron chi connectivity index (χ4n) is 0.561. The lowest BCUT2D eigenvalue weighted by Crippen LogP contribution is -2.41. The molecule has 0 heterocycles. The number of nitrogens with two attached hydrogens (primary N) is 1. The van der Waals surface area contributed by atoms with Crippen molar-refractivity contribution in [2.75, 3.05) is 13.2 Å². The predicted octanol–water partition coefficient (Wildman–Crippen LogP) is 1.90. The molecule has 0 unspecified atom stereocenters. The Morgan fingerprint density at radius 1 is 1.17 bits per heavy atom. The molecule has 2 N–H and O–H groups in total. The van der Waals surface area contributed by atoms with Crippen molar-refractivity contribution in [1.29, 1.82) is 0 Å². The molecule has 12 heavy (non-hydrogen) atoms. The van der Waals surface area contributed by atoms with Crippen molar-refractivity contribution >= 4 is 8.32 Å². The average molecular weight is 191 g/mol. The highest BCUT2D eigenvalue weighted by Crippen LogP contribution is 2.36. The summed E-state index contributed by atoms with van der Waals surface area (Å²) in [5.74, 6) is 4.90. The minimum atomic E-state index is -1.58. The molecule has 0 radical (unpaired) electrons. The predicted molar refractivity (Wildman–Crippen MR) is 53.3 cm³/mol. The van der Waals surface area contributed by atoms with E-state index in [1.807, 2.05) is 0 Å². The number of hydrogen-bond donors (Lipinski definition) is 1. The van der Waals surface area contributed by atoms with Gasteiger partial charge in [-0.05, 0) is 18.1 Å². The summed E-state index contributed by atoms with van der Waals surface area (Å²) in [5.41, 5.74) is 0. The fourth-order valence-corrected chi connectivity index (χ4v) is 1.59. The highest BCUT2D eigenvalue weighted by Gasteiger charge is 2.36. The smallest absolute Gasteiger partial charge is 0.192 e. The minimum absolute atomic E-state index is 0.265. The molecule has 0 rings (SSSR count). The molecule has 0 aliphatic rings. The van der Waals surface area contributed by atoms with E-state index in [0.29, 0.717) is 13.2 Å². The Labute approximate surface area is 76.3 Å². The zero-order valence-electron chi connectivity index (χ0n) is 8.81. The molecule has 0 aromatic carbocycles. The first-order chi connectivity index (χ1) is 5.31. The molecule has 0 fully saturated rings. The second kappa shape index (κ2) is 4.37. The van der Waals surface area contributed by atoms with Gasteiger partial charge < -0.3 is 9.26 Å². The van der Waals surface area contributed by atoms with E-state index in [4.69, 9.17) is 10.3 Å². The molecule has 0 atom stereocenters. The summed E-state index contributed by atoms with van der Waals surface area (Å²) in [4.78, 5) is 4.45. The highest BCUT2D eigenvalue weighted by molar-refractivity contribution is 6.74. The fraction of sp³-hybridized carbons (Fsp3) is 1.00. The van der Waals surface area contributed by atoms with E-state index in [1.54, 1.807) is 0 Å². The second-order valence-corrected chi connectivity index (χ2v) is 9.29. The summed E-state index contributed by atoms with van der Waals surface area (Å²) >= 11 is 0. The molecule has 0 spiro atoms. The van der Waals surface area contributed by atoms with Gasteiger partial charge in [-0.15, -0.1) is 0 Å². The maximum absolute atomic E-state index is 5.77. The van der Waals surface area contributed by atoms with Crippen LogP contribution >= 0.6 is 0 Å². The van der Waals surface area contributed by atoms with E-state index < -0.39 is 8.32 Å².